The molecule has 16 heavy (non-hydrogen) atoms. The van der Waals surface area contributed by atoms with Gasteiger partial charge in [0.1, 0.15) is 0 Å². The second-order valence-electron chi connectivity index (χ2n) is 3.31. The molecule has 0 heterocycles. The number of halogens is 1. The van der Waals surface area contributed by atoms with Crippen LogP contribution in [0.1, 0.15) is 12.0 Å². The molecule has 3 nitrogen and oxygen atoms in total. The minimum absolute atomic E-state index is 0.233. The van der Waals surface area contributed by atoms with Gasteiger partial charge in [-0.2, -0.15) is 0 Å². The molecule has 0 aliphatic heterocycles. The van der Waals surface area contributed by atoms with Crippen LogP contribution in [0.15, 0.2) is 28.7 Å². The van der Waals surface area contributed by atoms with E-state index in [2.05, 4.69) is 20.7 Å². The van der Waals surface area contributed by atoms with Gasteiger partial charge < -0.3 is 9.47 Å². The molecule has 1 aromatic rings. The van der Waals surface area contributed by atoms with Gasteiger partial charge in [0.2, 0.25) is 0 Å². The smallest absolute Gasteiger partial charge is 0.307 e. The molecule has 1 rings (SSSR count). The Balaban J connectivity index is 2.11. The molecule has 88 valence electrons. The SMILES string of the molecule is COC(=O)CCOCCc1ccc(Br)cc1. The minimum Gasteiger partial charge on any atom is -0.469 e. The summed E-state index contributed by atoms with van der Waals surface area (Å²) in [6.07, 6.45) is 1.17. The molecule has 0 saturated carbocycles. The summed E-state index contributed by atoms with van der Waals surface area (Å²) in [5, 5.41) is 0. The maximum absolute atomic E-state index is 10.8. The molecular weight excluding hydrogens is 272 g/mol. The van der Waals surface area contributed by atoms with E-state index >= 15 is 0 Å². The molecule has 0 fully saturated rings. The Hall–Kier alpha value is -0.870. The van der Waals surface area contributed by atoms with Crippen LogP contribution in [0.2, 0.25) is 0 Å². The van der Waals surface area contributed by atoms with Crippen LogP contribution in [-0.2, 0) is 20.7 Å². The second-order valence-corrected chi connectivity index (χ2v) is 4.23. The molecule has 0 N–H and O–H groups in total. The van der Waals surface area contributed by atoms with E-state index in [-0.39, 0.29) is 5.97 Å². The highest BCUT2D eigenvalue weighted by Crippen LogP contribution is 2.10. The third kappa shape index (κ3) is 5.28. The number of carbonyl (C=O) groups is 1. The number of carbonyl (C=O) groups excluding carboxylic acids is 1. The topological polar surface area (TPSA) is 35.5 Å². The second kappa shape index (κ2) is 7.41. The van der Waals surface area contributed by atoms with E-state index in [0.717, 1.165) is 10.9 Å². The molecule has 0 atom stereocenters. The zero-order chi connectivity index (χ0) is 11.8. The van der Waals surface area contributed by atoms with Crippen LogP contribution >= 0.6 is 15.9 Å². The third-order valence-electron chi connectivity index (χ3n) is 2.13. The number of rotatable bonds is 6. The predicted octanol–water partition coefficient (Wildman–Crippen LogP) is 2.57. The van der Waals surface area contributed by atoms with Gasteiger partial charge in [-0.15, -0.1) is 0 Å². The highest BCUT2D eigenvalue weighted by Gasteiger charge is 1.99. The molecule has 4 heteroatoms. The number of ether oxygens (including phenoxy) is 2. The van der Waals surface area contributed by atoms with Gasteiger partial charge in [0.25, 0.3) is 0 Å². The number of esters is 1. The van der Waals surface area contributed by atoms with Gasteiger partial charge in [0.15, 0.2) is 0 Å². The van der Waals surface area contributed by atoms with Crippen molar-refractivity contribution < 1.29 is 14.3 Å². The van der Waals surface area contributed by atoms with E-state index in [4.69, 9.17) is 4.74 Å². The van der Waals surface area contributed by atoms with Gasteiger partial charge in [-0.1, -0.05) is 28.1 Å². The third-order valence-corrected chi connectivity index (χ3v) is 2.66. The fraction of sp³-hybridized carbons (Fsp3) is 0.417. The van der Waals surface area contributed by atoms with Crippen LogP contribution < -0.4 is 0 Å². The van der Waals surface area contributed by atoms with Gasteiger partial charge in [0, 0.05) is 4.47 Å². The fourth-order valence-corrected chi connectivity index (χ4v) is 1.47. The maximum Gasteiger partial charge on any atom is 0.307 e. The molecule has 0 unspecified atom stereocenters. The lowest BCUT2D eigenvalue weighted by molar-refractivity contribution is -0.141. The molecule has 0 aliphatic carbocycles. The van der Waals surface area contributed by atoms with E-state index in [1.165, 1.54) is 12.7 Å². The van der Waals surface area contributed by atoms with Crippen molar-refractivity contribution in [3.05, 3.63) is 34.3 Å². The first-order valence-corrected chi connectivity index (χ1v) is 5.90. The zero-order valence-corrected chi connectivity index (χ0v) is 10.8. The van der Waals surface area contributed by atoms with Crippen molar-refractivity contribution in [3.8, 4) is 0 Å². The Morgan fingerprint density at radius 1 is 1.25 bits per heavy atom. The van der Waals surface area contributed by atoms with Gasteiger partial charge in [-0.3, -0.25) is 4.79 Å². The average molecular weight is 287 g/mol. The molecule has 0 radical (unpaired) electrons. The average Bonchev–Trinajstić information content (AvgIpc) is 2.31. The highest BCUT2D eigenvalue weighted by molar-refractivity contribution is 9.10. The molecule has 0 spiro atoms. The van der Waals surface area contributed by atoms with Gasteiger partial charge in [0.05, 0.1) is 26.7 Å². The molecule has 0 bridgehead atoms. The van der Waals surface area contributed by atoms with Crippen LogP contribution in [0, 0.1) is 0 Å². The summed E-state index contributed by atoms with van der Waals surface area (Å²) in [7, 11) is 1.38. The lowest BCUT2D eigenvalue weighted by atomic mass is 10.2. The normalized spacial score (nSPS) is 10.1. The molecule has 0 amide bonds. The van der Waals surface area contributed by atoms with Crippen molar-refractivity contribution in [2.75, 3.05) is 20.3 Å². The van der Waals surface area contributed by atoms with Crippen LogP contribution in [-0.4, -0.2) is 26.3 Å². The summed E-state index contributed by atoms with van der Waals surface area (Å²) in [5.74, 6) is -0.233. The van der Waals surface area contributed by atoms with Crippen LogP contribution in [0.3, 0.4) is 0 Å². The Labute approximate surface area is 104 Å². The minimum atomic E-state index is -0.233. The number of hydrogen-bond donors (Lipinski definition) is 0. The summed E-state index contributed by atoms with van der Waals surface area (Å²) in [4.78, 5) is 10.8. The van der Waals surface area contributed by atoms with Crippen molar-refractivity contribution in [2.45, 2.75) is 12.8 Å². The molecule has 0 aliphatic rings. The summed E-state index contributed by atoms with van der Waals surface area (Å²) in [6.45, 7) is 1.04. The first-order valence-electron chi connectivity index (χ1n) is 5.11. The van der Waals surface area contributed by atoms with Crippen molar-refractivity contribution in [1.29, 1.82) is 0 Å². The molecule has 0 aromatic heterocycles. The largest absolute Gasteiger partial charge is 0.469 e. The Morgan fingerprint density at radius 3 is 2.56 bits per heavy atom. The fourth-order valence-electron chi connectivity index (χ4n) is 1.20. The monoisotopic (exact) mass is 286 g/mol. The highest BCUT2D eigenvalue weighted by atomic mass is 79.9. The van der Waals surface area contributed by atoms with Crippen LogP contribution in [0.5, 0.6) is 0 Å². The number of benzene rings is 1. The Bertz CT molecular complexity index is 322. The lowest BCUT2D eigenvalue weighted by Crippen LogP contribution is -2.07. The predicted molar refractivity (Wildman–Crippen MR) is 65.3 cm³/mol. The van der Waals surface area contributed by atoms with Crippen molar-refractivity contribution in [1.82, 2.24) is 0 Å². The molecule has 1 aromatic carbocycles. The first kappa shape index (κ1) is 13.2. The zero-order valence-electron chi connectivity index (χ0n) is 9.24. The lowest BCUT2D eigenvalue weighted by Gasteiger charge is -2.03. The van der Waals surface area contributed by atoms with Crippen molar-refractivity contribution in [2.24, 2.45) is 0 Å². The van der Waals surface area contributed by atoms with E-state index in [1.807, 2.05) is 24.3 Å². The first-order chi connectivity index (χ1) is 7.72. The van der Waals surface area contributed by atoms with E-state index < -0.39 is 0 Å². The van der Waals surface area contributed by atoms with Crippen molar-refractivity contribution in [3.63, 3.8) is 0 Å². The van der Waals surface area contributed by atoms with E-state index in [0.29, 0.717) is 19.6 Å². The van der Waals surface area contributed by atoms with Gasteiger partial charge in [-0.25, -0.2) is 0 Å². The van der Waals surface area contributed by atoms with Gasteiger partial charge >= 0.3 is 5.97 Å². The number of hydrogen-bond acceptors (Lipinski definition) is 3. The summed E-state index contributed by atoms with van der Waals surface area (Å²) < 4.78 is 10.9. The summed E-state index contributed by atoms with van der Waals surface area (Å²) in [6, 6.07) is 8.11. The standard InChI is InChI=1S/C12H15BrO3/c1-15-12(14)7-9-16-8-6-10-2-4-11(13)5-3-10/h2-5H,6-9H2,1H3. The molecule has 0 saturated heterocycles. The van der Waals surface area contributed by atoms with Crippen LogP contribution in [0.25, 0.3) is 0 Å². The van der Waals surface area contributed by atoms with E-state index in [1.54, 1.807) is 0 Å². The Kier molecular flexibility index (Phi) is 6.11. The van der Waals surface area contributed by atoms with Gasteiger partial charge in [-0.05, 0) is 24.1 Å². The summed E-state index contributed by atoms with van der Waals surface area (Å²) >= 11 is 3.38. The number of methoxy groups -OCH3 is 1. The summed E-state index contributed by atoms with van der Waals surface area (Å²) in [5.41, 5.74) is 1.22. The van der Waals surface area contributed by atoms with E-state index in [9.17, 15) is 4.79 Å². The molecular formula is C12H15BrO3. The Morgan fingerprint density at radius 2 is 1.94 bits per heavy atom. The maximum atomic E-state index is 10.8. The van der Waals surface area contributed by atoms with Crippen molar-refractivity contribution >= 4 is 21.9 Å². The quantitative estimate of drug-likeness (QED) is 0.596. The van der Waals surface area contributed by atoms with Crippen LogP contribution in [0.4, 0.5) is 0 Å².